The number of nitrogens with zero attached hydrogens (tertiary/aromatic N) is 2. The van der Waals surface area contributed by atoms with Crippen molar-refractivity contribution in [3.8, 4) is 5.75 Å². The maximum absolute atomic E-state index is 13.8. The van der Waals surface area contributed by atoms with Gasteiger partial charge in [0.2, 0.25) is 5.78 Å². The van der Waals surface area contributed by atoms with Gasteiger partial charge in [-0.2, -0.15) is 0 Å². The quantitative estimate of drug-likeness (QED) is 0.149. The third kappa shape index (κ3) is 3.00. The van der Waals surface area contributed by atoms with Gasteiger partial charge in [-0.1, -0.05) is 0 Å². The first kappa shape index (κ1) is 24.5. The smallest absolute Gasteiger partial charge is 0.255 e. The van der Waals surface area contributed by atoms with Gasteiger partial charge >= 0.3 is 0 Å². The number of aromatic hydroxyl groups is 1. The van der Waals surface area contributed by atoms with Crippen LogP contribution in [0, 0.1) is 11.8 Å². The van der Waals surface area contributed by atoms with Gasteiger partial charge in [0.1, 0.15) is 22.8 Å². The van der Waals surface area contributed by atoms with Gasteiger partial charge in [0.15, 0.2) is 11.4 Å². The van der Waals surface area contributed by atoms with Gasteiger partial charge in [0.25, 0.3) is 5.91 Å². The summed E-state index contributed by atoms with van der Waals surface area (Å²) in [5, 5.41) is 55.7. The van der Waals surface area contributed by atoms with Crippen LogP contribution in [0.5, 0.6) is 5.75 Å². The third-order valence-electron chi connectivity index (χ3n) is 7.29. The van der Waals surface area contributed by atoms with Crippen LogP contribution < -0.4 is 16.4 Å². The van der Waals surface area contributed by atoms with Crippen molar-refractivity contribution < 1.29 is 39.9 Å². The predicted octanol–water partition coefficient (Wildman–Crippen LogP) is -1.42. The summed E-state index contributed by atoms with van der Waals surface area (Å²) in [5.41, 5.74) is 7.53. The van der Waals surface area contributed by atoms with E-state index in [1.807, 2.05) is 0 Å². The van der Waals surface area contributed by atoms with Crippen LogP contribution in [-0.4, -0.2) is 93.8 Å². The molecule has 9 N–H and O–H groups in total. The highest BCUT2D eigenvalue weighted by Gasteiger charge is 2.67. The first-order valence-corrected chi connectivity index (χ1v) is 10.8. The van der Waals surface area contributed by atoms with Gasteiger partial charge in [-0.15, -0.1) is 0 Å². The second kappa shape index (κ2) is 7.70. The second-order valence-corrected chi connectivity index (χ2v) is 9.63. The average Bonchev–Trinajstić information content (AvgIpc) is 2.75. The van der Waals surface area contributed by atoms with Crippen molar-refractivity contribution in [3.05, 3.63) is 34.1 Å². The van der Waals surface area contributed by atoms with E-state index in [-0.39, 0.29) is 17.7 Å². The summed E-state index contributed by atoms with van der Waals surface area (Å²) in [5.74, 6) is -8.73. The topological polar surface area (TPSA) is 211 Å². The number of anilines is 2. The lowest BCUT2D eigenvalue weighted by Crippen LogP contribution is -2.70. The zero-order valence-corrected chi connectivity index (χ0v) is 19.6. The zero-order chi connectivity index (χ0) is 26.3. The van der Waals surface area contributed by atoms with Crippen LogP contribution in [0.1, 0.15) is 11.1 Å². The molecule has 12 heteroatoms. The van der Waals surface area contributed by atoms with Crippen molar-refractivity contribution in [2.45, 2.75) is 24.2 Å². The van der Waals surface area contributed by atoms with Gasteiger partial charge in [0, 0.05) is 31.3 Å². The third-order valence-corrected chi connectivity index (χ3v) is 7.29. The molecular formula is C23H28N4O8. The van der Waals surface area contributed by atoms with Crippen molar-refractivity contribution in [2.75, 3.05) is 38.8 Å². The number of primary amides is 1. The number of nitrogen functional groups attached to an aromatic ring is 1. The molecule has 4 rings (SSSR count). The van der Waals surface area contributed by atoms with Gasteiger partial charge in [-0.3, -0.25) is 19.3 Å². The van der Waals surface area contributed by atoms with Crippen LogP contribution in [-0.2, 0) is 20.8 Å². The lowest BCUT2D eigenvalue weighted by Gasteiger charge is -2.52. The molecule has 0 aliphatic heterocycles. The Labute approximate surface area is 200 Å². The van der Waals surface area contributed by atoms with Crippen molar-refractivity contribution >= 4 is 34.6 Å². The second-order valence-electron chi connectivity index (χ2n) is 9.63. The average molecular weight is 488 g/mol. The van der Waals surface area contributed by atoms with E-state index in [0.29, 0.717) is 11.3 Å². The summed E-state index contributed by atoms with van der Waals surface area (Å²) in [6.07, 6.45) is -1.69. The molecule has 2 unspecified atom stereocenters. The number of carbonyl (C=O) groups excluding carboxylic acids is 3. The molecule has 1 saturated carbocycles. The van der Waals surface area contributed by atoms with Crippen molar-refractivity contribution in [3.63, 3.8) is 0 Å². The normalized spacial score (nSPS) is 30.3. The van der Waals surface area contributed by atoms with E-state index in [4.69, 9.17) is 11.5 Å². The number of benzene rings is 1. The van der Waals surface area contributed by atoms with Crippen molar-refractivity contribution in [2.24, 2.45) is 17.6 Å². The minimum absolute atomic E-state index is 0.0585. The number of nitrogens with two attached hydrogens (primary N) is 2. The molecular weight excluding hydrogens is 460 g/mol. The molecule has 12 nitrogen and oxygen atoms in total. The van der Waals surface area contributed by atoms with Crippen LogP contribution in [0.15, 0.2) is 23.0 Å². The van der Waals surface area contributed by atoms with E-state index in [9.17, 15) is 39.9 Å². The number of phenolic OH excluding ortho intramolecular Hbond substituents is 1. The van der Waals surface area contributed by atoms with E-state index in [0.717, 1.165) is 0 Å². The maximum Gasteiger partial charge on any atom is 0.255 e. The number of carbonyl (C=O) groups is 3. The molecule has 5 atom stereocenters. The van der Waals surface area contributed by atoms with Crippen LogP contribution in [0.25, 0.3) is 5.76 Å². The number of aliphatic hydroxyl groups excluding tert-OH is 3. The summed E-state index contributed by atoms with van der Waals surface area (Å²) >= 11 is 0. The maximum atomic E-state index is 13.8. The number of ketones is 2. The van der Waals surface area contributed by atoms with Crippen LogP contribution in [0.2, 0.25) is 0 Å². The molecule has 1 aromatic carbocycles. The Morgan fingerprint density at radius 3 is 2.26 bits per heavy atom. The number of likely N-dealkylation sites (N-methyl/N-ethyl adjacent to an activating group) is 1. The molecule has 1 aromatic rings. The van der Waals surface area contributed by atoms with Gasteiger partial charge in [0.05, 0.1) is 29.3 Å². The molecule has 1 amide bonds. The lowest BCUT2D eigenvalue weighted by molar-refractivity contribution is -0.168. The molecule has 3 aliphatic rings. The Morgan fingerprint density at radius 1 is 1.14 bits per heavy atom. The highest BCUT2D eigenvalue weighted by atomic mass is 16.4. The molecule has 0 heterocycles. The number of Topliss-reactive ketones (excluding diaryl/α,β-unsaturated/α-hetero) is 2. The molecule has 35 heavy (non-hydrogen) atoms. The summed E-state index contributed by atoms with van der Waals surface area (Å²) in [6, 6.07) is 0.0934. The minimum Gasteiger partial charge on any atom is -0.508 e. The highest BCUT2D eigenvalue weighted by molar-refractivity contribution is 6.24. The molecule has 1 fully saturated rings. The fraction of sp³-hybridized carbons (Fsp3) is 0.435. The minimum atomic E-state index is -2.94. The summed E-state index contributed by atoms with van der Waals surface area (Å²) in [7, 11) is 6.32. The van der Waals surface area contributed by atoms with E-state index in [1.54, 1.807) is 19.0 Å². The lowest BCUT2D eigenvalue weighted by atomic mass is 9.56. The van der Waals surface area contributed by atoms with E-state index in [2.05, 4.69) is 0 Å². The molecule has 0 spiro atoms. The van der Waals surface area contributed by atoms with Crippen molar-refractivity contribution in [1.82, 2.24) is 4.90 Å². The first-order chi connectivity index (χ1) is 16.2. The molecule has 0 bridgehead atoms. The van der Waals surface area contributed by atoms with E-state index >= 15 is 0 Å². The van der Waals surface area contributed by atoms with Crippen LogP contribution >= 0.6 is 0 Å². The molecule has 0 saturated heterocycles. The van der Waals surface area contributed by atoms with Crippen LogP contribution in [0.4, 0.5) is 11.4 Å². The number of phenols is 1. The molecule has 0 radical (unpaired) electrons. The number of fused-ring (bicyclic) bond motifs is 3. The first-order valence-electron chi connectivity index (χ1n) is 10.8. The standard InChI is InChI=1S/C23H28N4O8/c1-26(2)10-6-9(24)17(29)11-7(10)5-8-12(18(11)30)20(32)23(35)14(16(8)28)15(27(3)4)19(31)13(21(23)33)22(25)34/h6,8,14-16,28-30,33,35H,5,24H2,1-4H3,(H2,25,34)/t8?,14?,15-,16-,23-/m0/s1. The summed E-state index contributed by atoms with van der Waals surface area (Å²) in [6.45, 7) is 0. The highest BCUT2D eigenvalue weighted by Crippen LogP contribution is 2.54. The monoisotopic (exact) mass is 488 g/mol. The fourth-order valence-electron chi connectivity index (χ4n) is 5.73. The Bertz CT molecular complexity index is 1250. The largest absolute Gasteiger partial charge is 0.508 e. The number of rotatable bonds is 3. The number of hydrogen-bond donors (Lipinski definition) is 7. The van der Waals surface area contributed by atoms with E-state index in [1.165, 1.54) is 25.1 Å². The molecule has 188 valence electrons. The molecule has 3 aliphatic carbocycles. The SMILES string of the molecule is CN(C)c1cc(N)c(O)c2c1CC1C(=C2O)C(=O)[C@]2(O)C(O)=C(C(N)=O)C(=O)[C@@H](N(C)C)C2[C@H]1O. The number of amides is 1. The Hall–Kier alpha value is -3.61. The van der Waals surface area contributed by atoms with Gasteiger partial charge in [-0.25, -0.2) is 0 Å². The molecule has 0 aromatic heterocycles. The van der Waals surface area contributed by atoms with Crippen LogP contribution in [0.3, 0.4) is 0 Å². The Kier molecular flexibility index (Phi) is 5.39. The van der Waals surface area contributed by atoms with E-state index < -0.39 is 75.5 Å². The van der Waals surface area contributed by atoms with Gasteiger partial charge in [-0.05, 0) is 32.1 Å². The predicted molar refractivity (Wildman–Crippen MR) is 124 cm³/mol. The number of aliphatic hydroxyl groups is 4. The van der Waals surface area contributed by atoms with Crippen molar-refractivity contribution in [1.29, 1.82) is 0 Å². The Morgan fingerprint density at radius 2 is 1.74 bits per heavy atom. The number of hydrogen-bond acceptors (Lipinski definition) is 11. The fourth-order valence-corrected chi connectivity index (χ4v) is 5.73. The zero-order valence-electron chi connectivity index (χ0n) is 19.6. The summed E-state index contributed by atoms with van der Waals surface area (Å²) in [4.78, 5) is 41.9. The van der Waals surface area contributed by atoms with Gasteiger partial charge < -0.3 is 41.9 Å². The summed E-state index contributed by atoms with van der Waals surface area (Å²) < 4.78 is 0. The Balaban J connectivity index is 2.06.